The van der Waals surface area contributed by atoms with E-state index in [2.05, 4.69) is 24.0 Å². The monoisotopic (exact) mass is 276 g/mol. The third kappa shape index (κ3) is 3.26. The Bertz CT molecular complexity index is 573. The molecule has 1 unspecified atom stereocenters. The van der Waals surface area contributed by atoms with E-state index >= 15 is 0 Å². The second-order valence-corrected chi connectivity index (χ2v) is 4.69. The zero-order valence-corrected chi connectivity index (χ0v) is 12.1. The van der Waals surface area contributed by atoms with Crippen molar-refractivity contribution in [2.45, 2.75) is 39.8 Å². The molecule has 0 spiro atoms. The largest absolute Gasteiger partial charge is 0.462 e. The summed E-state index contributed by atoms with van der Waals surface area (Å²) < 4.78 is 8.57. The van der Waals surface area contributed by atoms with Crippen LogP contribution in [0.15, 0.2) is 24.7 Å². The van der Waals surface area contributed by atoms with Gasteiger partial charge in [-0.15, -0.1) is 0 Å². The van der Waals surface area contributed by atoms with Gasteiger partial charge in [-0.3, -0.25) is 9.36 Å². The molecule has 0 fully saturated rings. The van der Waals surface area contributed by atoms with Gasteiger partial charge in [-0.1, -0.05) is 6.92 Å². The summed E-state index contributed by atoms with van der Waals surface area (Å²) in [5.41, 5.74) is 1.39. The summed E-state index contributed by atoms with van der Waals surface area (Å²) in [6.45, 7) is 6.95. The molecule has 0 saturated carbocycles. The van der Waals surface area contributed by atoms with Gasteiger partial charge in [0.05, 0.1) is 30.6 Å². The first-order chi connectivity index (χ1) is 9.63. The highest BCUT2D eigenvalue weighted by molar-refractivity contribution is 5.88. The fourth-order valence-electron chi connectivity index (χ4n) is 1.83. The van der Waals surface area contributed by atoms with Crippen molar-refractivity contribution in [1.82, 2.24) is 19.6 Å². The van der Waals surface area contributed by atoms with E-state index in [1.54, 1.807) is 17.8 Å². The molecule has 6 nitrogen and oxygen atoms in total. The average molecular weight is 276 g/mol. The Balaban J connectivity index is 2.03. The van der Waals surface area contributed by atoms with Gasteiger partial charge < -0.3 is 4.74 Å². The molecule has 2 heterocycles. The predicted octanol–water partition coefficient (Wildman–Crippen LogP) is 2.28. The summed E-state index contributed by atoms with van der Waals surface area (Å²) in [6.07, 6.45) is 6.21. The van der Waals surface area contributed by atoms with E-state index in [1.165, 1.54) is 6.20 Å². The minimum Gasteiger partial charge on any atom is -0.462 e. The van der Waals surface area contributed by atoms with Crippen LogP contribution in [-0.2, 0) is 11.3 Å². The second kappa shape index (κ2) is 6.36. The maximum absolute atomic E-state index is 11.5. The molecule has 1 atom stereocenters. The fraction of sp³-hybridized carbons (Fsp3) is 0.500. The third-order valence-electron chi connectivity index (χ3n) is 3.17. The smallest absolute Gasteiger partial charge is 0.341 e. The van der Waals surface area contributed by atoms with Gasteiger partial charge in [-0.05, 0) is 26.3 Å². The minimum atomic E-state index is -0.344. The Morgan fingerprint density at radius 1 is 1.45 bits per heavy atom. The van der Waals surface area contributed by atoms with Crippen molar-refractivity contribution in [1.29, 1.82) is 0 Å². The minimum absolute atomic E-state index is 0.344. The van der Waals surface area contributed by atoms with Gasteiger partial charge >= 0.3 is 5.97 Å². The van der Waals surface area contributed by atoms with Crippen molar-refractivity contribution in [2.75, 3.05) is 6.61 Å². The SMILES string of the molecule is CCOC(=O)c1cnn(Cc2ccn(C(C)CC)n2)c1. The van der Waals surface area contributed by atoms with E-state index in [-0.39, 0.29) is 5.97 Å². The molecule has 0 radical (unpaired) electrons. The number of aromatic nitrogens is 4. The Hall–Kier alpha value is -2.11. The van der Waals surface area contributed by atoms with Gasteiger partial charge in [0.1, 0.15) is 0 Å². The summed E-state index contributed by atoms with van der Waals surface area (Å²) in [5.74, 6) is -0.344. The lowest BCUT2D eigenvalue weighted by molar-refractivity contribution is 0.0526. The molecule has 2 aromatic rings. The Morgan fingerprint density at radius 3 is 2.95 bits per heavy atom. The van der Waals surface area contributed by atoms with E-state index in [0.717, 1.165) is 12.1 Å². The van der Waals surface area contributed by atoms with E-state index in [9.17, 15) is 4.79 Å². The van der Waals surface area contributed by atoms with Crippen molar-refractivity contribution >= 4 is 5.97 Å². The summed E-state index contributed by atoms with van der Waals surface area (Å²) in [6, 6.07) is 2.36. The van der Waals surface area contributed by atoms with Gasteiger partial charge in [0.25, 0.3) is 0 Å². The maximum atomic E-state index is 11.5. The molecule has 0 N–H and O–H groups in total. The standard InChI is InChI=1S/C14H20N4O2/c1-4-11(3)18-7-6-13(16-18)10-17-9-12(8-15-17)14(19)20-5-2/h6-9,11H,4-5,10H2,1-3H3. The predicted molar refractivity (Wildman–Crippen MR) is 74.5 cm³/mol. The van der Waals surface area contributed by atoms with E-state index < -0.39 is 0 Å². The first-order valence-corrected chi connectivity index (χ1v) is 6.87. The molecule has 20 heavy (non-hydrogen) atoms. The number of ether oxygens (including phenoxy) is 1. The van der Waals surface area contributed by atoms with E-state index in [0.29, 0.717) is 24.8 Å². The molecule has 0 amide bonds. The fourth-order valence-corrected chi connectivity index (χ4v) is 1.83. The molecule has 0 aromatic carbocycles. The molecule has 0 aliphatic heterocycles. The van der Waals surface area contributed by atoms with E-state index in [4.69, 9.17) is 4.74 Å². The number of carbonyl (C=O) groups excluding carboxylic acids is 1. The Labute approximate surface area is 118 Å². The van der Waals surface area contributed by atoms with Crippen LogP contribution in [0.4, 0.5) is 0 Å². The molecule has 2 aromatic heterocycles. The lowest BCUT2D eigenvalue weighted by Gasteiger charge is -2.08. The van der Waals surface area contributed by atoms with Crippen LogP contribution < -0.4 is 0 Å². The first-order valence-electron chi connectivity index (χ1n) is 6.87. The van der Waals surface area contributed by atoms with Gasteiger partial charge in [0, 0.05) is 18.4 Å². The molecule has 0 saturated heterocycles. The van der Waals surface area contributed by atoms with Crippen LogP contribution in [0.25, 0.3) is 0 Å². The number of hydrogen-bond donors (Lipinski definition) is 0. The molecule has 6 heteroatoms. The number of esters is 1. The van der Waals surface area contributed by atoms with Crippen molar-refractivity contribution in [3.8, 4) is 0 Å². The van der Waals surface area contributed by atoms with Gasteiger partial charge in [-0.25, -0.2) is 4.79 Å². The quantitative estimate of drug-likeness (QED) is 0.759. The zero-order chi connectivity index (χ0) is 14.5. The summed E-state index contributed by atoms with van der Waals surface area (Å²) in [4.78, 5) is 11.5. The molecule has 0 bridgehead atoms. The van der Waals surface area contributed by atoms with Crippen LogP contribution in [0.2, 0.25) is 0 Å². The van der Waals surface area contributed by atoms with Crippen LogP contribution in [0.1, 0.15) is 49.3 Å². The number of nitrogens with zero attached hydrogens (tertiary/aromatic N) is 4. The van der Waals surface area contributed by atoms with Gasteiger partial charge in [0.2, 0.25) is 0 Å². The molecule has 0 aliphatic carbocycles. The molecular formula is C14H20N4O2. The van der Waals surface area contributed by atoms with E-state index in [1.807, 2.05) is 16.9 Å². The lowest BCUT2D eigenvalue weighted by atomic mass is 10.3. The van der Waals surface area contributed by atoms with Crippen LogP contribution >= 0.6 is 0 Å². The second-order valence-electron chi connectivity index (χ2n) is 4.69. The van der Waals surface area contributed by atoms with Crippen molar-refractivity contribution in [3.63, 3.8) is 0 Å². The molecule has 108 valence electrons. The number of carbonyl (C=O) groups is 1. The first kappa shape index (κ1) is 14.3. The average Bonchev–Trinajstić information content (AvgIpc) is 3.08. The van der Waals surface area contributed by atoms with Crippen molar-refractivity contribution < 1.29 is 9.53 Å². The Kier molecular flexibility index (Phi) is 4.55. The highest BCUT2D eigenvalue weighted by Gasteiger charge is 2.10. The number of hydrogen-bond acceptors (Lipinski definition) is 4. The summed E-state index contributed by atoms with van der Waals surface area (Å²) >= 11 is 0. The van der Waals surface area contributed by atoms with Crippen molar-refractivity contribution in [2.24, 2.45) is 0 Å². The van der Waals surface area contributed by atoms with Crippen LogP contribution in [0.3, 0.4) is 0 Å². The maximum Gasteiger partial charge on any atom is 0.341 e. The lowest BCUT2D eigenvalue weighted by Crippen LogP contribution is -2.07. The zero-order valence-electron chi connectivity index (χ0n) is 12.1. The molecule has 0 aliphatic rings. The molecular weight excluding hydrogens is 256 g/mol. The van der Waals surface area contributed by atoms with Crippen LogP contribution in [-0.4, -0.2) is 32.1 Å². The van der Waals surface area contributed by atoms with Gasteiger partial charge in [0.15, 0.2) is 0 Å². The van der Waals surface area contributed by atoms with Crippen LogP contribution in [0, 0.1) is 0 Å². The summed E-state index contributed by atoms with van der Waals surface area (Å²) in [5, 5.41) is 8.66. The number of rotatable bonds is 6. The normalized spacial score (nSPS) is 12.3. The summed E-state index contributed by atoms with van der Waals surface area (Å²) in [7, 11) is 0. The van der Waals surface area contributed by atoms with Crippen LogP contribution in [0.5, 0.6) is 0 Å². The third-order valence-corrected chi connectivity index (χ3v) is 3.17. The topological polar surface area (TPSA) is 61.9 Å². The van der Waals surface area contributed by atoms with Crippen molar-refractivity contribution in [3.05, 3.63) is 35.9 Å². The molecule has 2 rings (SSSR count). The highest BCUT2D eigenvalue weighted by Crippen LogP contribution is 2.10. The Morgan fingerprint density at radius 2 is 2.25 bits per heavy atom. The van der Waals surface area contributed by atoms with Gasteiger partial charge in [-0.2, -0.15) is 10.2 Å². The highest BCUT2D eigenvalue weighted by atomic mass is 16.5.